The zero-order valence-electron chi connectivity index (χ0n) is 25.7. The number of pyridine rings is 1. The topological polar surface area (TPSA) is 130 Å². The van der Waals surface area contributed by atoms with Gasteiger partial charge in [-0.05, 0) is 73.8 Å². The van der Waals surface area contributed by atoms with E-state index in [0.717, 1.165) is 5.56 Å². The van der Waals surface area contributed by atoms with Crippen LogP contribution in [0.15, 0.2) is 48.7 Å². The van der Waals surface area contributed by atoms with Gasteiger partial charge in [-0.2, -0.15) is 0 Å². The van der Waals surface area contributed by atoms with Gasteiger partial charge in [0.15, 0.2) is 0 Å². The van der Waals surface area contributed by atoms with E-state index in [2.05, 4.69) is 20.9 Å². The lowest BCUT2D eigenvalue weighted by molar-refractivity contribution is -0.135. The molecule has 4 amide bonds. The van der Waals surface area contributed by atoms with E-state index in [9.17, 15) is 19.2 Å². The molecule has 3 N–H and O–H groups in total. The Morgan fingerprint density at radius 2 is 1.93 bits per heavy atom. The van der Waals surface area contributed by atoms with Crippen LogP contribution in [0.4, 0.5) is 5.82 Å². The van der Waals surface area contributed by atoms with Gasteiger partial charge in [0.05, 0.1) is 5.56 Å². The number of benzene rings is 1. The largest absolute Gasteiger partial charge is 0.489 e. The van der Waals surface area contributed by atoms with Crippen molar-refractivity contribution in [3.05, 3.63) is 64.8 Å². The first-order valence-electron chi connectivity index (χ1n) is 15.2. The molecule has 2 aromatic rings. The highest BCUT2D eigenvalue weighted by atomic mass is 35.5. The van der Waals surface area contributed by atoms with Crippen LogP contribution in [0.5, 0.6) is 5.75 Å². The van der Waals surface area contributed by atoms with Crippen LogP contribution in [0.3, 0.4) is 0 Å². The molecule has 2 aliphatic heterocycles. The van der Waals surface area contributed by atoms with E-state index < -0.39 is 11.9 Å². The van der Waals surface area contributed by atoms with Gasteiger partial charge in [-0.1, -0.05) is 43.7 Å². The molecule has 1 fully saturated rings. The normalized spacial score (nSPS) is 19.7. The van der Waals surface area contributed by atoms with E-state index in [4.69, 9.17) is 16.3 Å². The second-order valence-electron chi connectivity index (χ2n) is 12.1. The van der Waals surface area contributed by atoms with Gasteiger partial charge in [-0.15, -0.1) is 0 Å². The Morgan fingerprint density at radius 1 is 1.16 bits per heavy atom. The fraction of sp³-hybridized carbons (Fsp3) is 0.485. The van der Waals surface area contributed by atoms with Crippen molar-refractivity contribution in [2.75, 3.05) is 31.6 Å². The van der Waals surface area contributed by atoms with E-state index in [0.29, 0.717) is 61.9 Å². The lowest BCUT2D eigenvalue weighted by Crippen LogP contribution is -2.52. The molecular formula is C33H42ClN5O5. The van der Waals surface area contributed by atoms with Crippen LogP contribution in [0.25, 0.3) is 0 Å². The minimum absolute atomic E-state index is 0.0694. The number of ether oxygens (including phenoxy) is 1. The molecule has 1 aromatic carbocycles. The van der Waals surface area contributed by atoms with Gasteiger partial charge in [0.25, 0.3) is 5.91 Å². The van der Waals surface area contributed by atoms with Crippen LogP contribution in [0.2, 0.25) is 5.02 Å². The fourth-order valence-corrected chi connectivity index (χ4v) is 5.73. The molecule has 0 aliphatic carbocycles. The summed E-state index contributed by atoms with van der Waals surface area (Å²) in [5.41, 5.74) is 0.873. The molecule has 10 nitrogen and oxygen atoms in total. The minimum Gasteiger partial charge on any atom is -0.489 e. The SMILES string of the molecule is Cc1cccnc1NC(=O)CCC(=O)N1CCC2(C/C=C/COc3ccc(Cl)cc3C(=O)N[C@@H](CC(C)C)C(=O)NC2)CC1. The molecule has 44 heavy (non-hydrogen) atoms. The molecule has 1 atom stereocenters. The average molecular weight is 624 g/mol. The van der Waals surface area contributed by atoms with Gasteiger partial charge in [-0.3, -0.25) is 19.2 Å². The second kappa shape index (κ2) is 15.2. The van der Waals surface area contributed by atoms with E-state index in [1.807, 2.05) is 39.0 Å². The summed E-state index contributed by atoms with van der Waals surface area (Å²) in [4.78, 5) is 58.1. The predicted octanol–water partition coefficient (Wildman–Crippen LogP) is 4.67. The third-order valence-electron chi connectivity index (χ3n) is 8.22. The number of likely N-dealkylation sites (tertiary alicyclic amines) is 1. The maximum absolute atomic E-state index is 13.4. The summed E-state index contributed by atoms with van der Waals surface area (Å²) < 4.78 is 5.92. The van der Waals surface area contributed by atoms with Gasteiger partial charge in [-0.25, -0.2) is 4.98 Å². The molecule has 2 aliphatic rings. The third-order valence-corrected chi connectivity index (χ3v) is 8.45. The van der Waals surface area contributed by atoms with E-state index in [-0.39, 0.29) is 54.1 Å². The Balaban J connectivity index is 1.40. The summed E-state index contributed by atoms with van der Waals surface area (Å²) in [5.74, 6) is 0.0786. The number of rotatable bonds is 6. The molecule has 0 bridgehead atoms. The quantitative estimate of drug-likeness (QED) is 0.401. The molecule has 236 valence electrons. The summed E-state index contributed by atoms with van der Waals surface area (Å²) in [5, 5.41) is 9.18. The number of amides is 4. The highest BCUT2D eigenvalue weighted by Crippen LogP contribution is 2.35. The van der Waals surface area contributed by atoms with Crippen molar-refractivity contribution in [3.63, 3.8) is 0 Å². The molecule has 4 rings (SSSR count). The van der Waals surface area contributed by atoms with Gasteiger partial charge >= 0.3 is 0 Å². The number of aryl methyl sites for hydroxylation is 1. The number of hydrogen-bond acceptors (Lipinski definition) is 6. The van der Waals surface area contributed by atoms with Gasteiger partial charge < -0.3 is 25.6 Å². The van der Waals surface area contributed by atoms with Crippen molar-refractivity contribution in [2.24, 2.45) is 11.3 Å². The van der Waals surface area contributed by atoms with Crippen LogP contribution >= 0.6 is 11.6 Å². The van der Waals surface area contributed by atoms with Crippen molar-refractivity contribution in [1.82, 2.24) is 20.5 Å². The smallest absolute Gasteiger partial charge is 0.255 e. The summed E-state index contributed by atoms with van der Waals surface area (Å²) >= 11 is 6.17. The summed E-state index contributed by atoms with van der Waals surface area (Å²) in [6.45, 7) is 7.61. The highest BCUT2D eigenvalue weighted by Gasteiger charge is 2.36. The second-order valence-corrected chi connectivity index (χ2v) is 12.5. The summed E-state index contributed by atoms with van der Waals surface area (Å²) in [6.07, 6.45) is 8.29. The third kappa shape index (κ3) is 9.05. The number of carbonyl (C=O) groups is 4. The van der Waals surface area contributed by atoms with E-state index in [1.54, 1.807) is 35.4 Å². The van der Waals surface area contributed by atoms with Crippen molar-refractivity contribution in [1.29, 1.82) is 0 Å². The lowest BCUT2D eigenvalue weighted by Gasteiger charge is -2.42. The first kappa shape index (κ1) is 33.0. The van der Waals surface area contributed by atoms with Crippen LogP contribution < -0.4 is 20.7 Å². The number of allylic oxidation sites excluding steroid dienone is 1. The van der Waals surface area contributed by atoms with Crippen molar-refractivity contribution < 1.29 is 23.9 Å². The lowest BCUT2D eigenvalue weighted by atomic mass is 9.75. The fourth-order valence-electron chi connectivity index (χ4n) is 5.55. The monoisotopic (exact) mass is 623 g/mol. The van der Waals surface area contributed by atoms with Crippen molar-refractivity contribution in [3.8, 4) is 5.75 Å². The molecule has 1 saturated heterocycles. The first-order valence-corrected chi connectivity index (χ1v) is 15.6. The number of halogens is 1. The first-order chi connectivity index (χ1) is 21.0. The number of fused-ring (bicyclic) bond motifs is 1. The Morgan fingerprint density at radius 3 is 2.66 bits per heavy atom. The Kier molecular flexibility index (Phi) is 11.4. The van der Waals surface area contributed by atoms with Gasteiger partial charge in [0, 0.05) is 43.7 Å². The number of anilines is 1. The highest BCUT2D eigenvalue weighted by molar-refractivity contribution is 6.31. The molecule has 0 unspecified atom stereocenters. The maximum Gasteiger partial charge on any atom is 0.255 e. The number of nitrogens with one attached hydrogen (secondary N) is 3. The van der Waals surface area contributed by atoms with E-state index in [1.165, 1.54) is 0 Å². The number of piperidine rings is 1. The number of nitrogens with zero attached hydrogens (tertiary/aromatic N) is 2. The molecular weight excluding hydrogens is 582 g/mol. The van der Waals surface area contributed by atoms with Crippen molar-refractivity contribution >= 4 is 41.0 Å². The number of hydrogen-bond donors (Lipinski definition) is 3. The number of carbonyl (C=O) groups excluding carboxylic acids is 4. The predicted molar refractivity (Wildman–Crippen MR) is 170 cm³/mol. The van der Waals surface area contributed by atoms with E-state index >= 15 is 0 Å². The van der Waals surface area contributed by atoms with Crippen LogP contribution in [-0.4, -0.2) is 65.8 Å². The molecule has 11 heteroatoms. The zero-order valence-corrected chi connectivity index (χ0v) is 26.4. The Hall–Kier alpha value is -3.92. The Bertz CT molecular complexity index is 1390. The standard InChI is InChI=1S/C33H42ClN5O5/c1-22(2)19-26-32(43)36-21-33(12-4-5-18-44-27-9-8-24(34)20-25(27)31(42)37-26)13-16-39(17-14-33)29(41)11-10-28(40)38-30-23(3)7-6-15-35-30/h4-9,15,20,22,26H,10-14,16-19,21H2,1-3H3,(H,36,43)(H,37,42)(H,35,38,40)/b5-4+/t26-/m0/s1. The zero-order chi connectivity index (χ0) is 31.7. The average Bonchev–Trinajstić information content (AvgIpc) is 2.99. The maximum atomic E-state index is 13.4. The summed E-state index contributed by atoms with van der Waals surface area (Å²) in [6, 6.07) is 7.80. The Labute approximate surface area is 264 Å². The molecule has 1 aromatic heterocycles. The molecule has 0 radical (unpaired) electrons. The molecule has 1 spiro atoms. The van der Waals surface area contributed by atoms with Gasteiger partial charge in [0.2, 0.25) is 17.7 Å². The van der Waals surface area contributed by atoms with Crippen LogP contribution in [-0.2, 0) is 14.4 Å². The molecule has 3 heterocycles. The molecule has 0 saturated carbocycles. The minimum atomic E-state index is -0.729. The van der Waals surface area contributed by atoms with Crippen molar-refractivity contribution in [2.45, 2.75) is 65.3 Å². The van der Waals surface area contributed by atoms with Gasteiger partial charge in [0.1, 0.15) is 24.2 Å². The van der Waals surface area contributed by atoms with Crippen LogP contribution in [0, 0.1) is 18.3 Å². The summed E-state index contributed by atoms with van der Waals surface area (Å²) in [7, 11) is 0. The van der Waals surface area contributed by atoms with Crippen LogP contribution in [0.1, 0.15) is 68.3 Å². The number of aromatic nitrogens is 1.